The van der Waals surface area contributed by atoms with E-state index in [9.17, 15) is 9.18 Å². The molecule has 4 rings (SSSR count). The Balaban J connectivity index is 1.43. The van der Waals surface area contributed by atoms with Crippen LogP contribution in [0, 0.1) is 5.82 Å². The Bertz CT molecular complexity index is 1150. The number of hydrogen-bond donors (Lipinski definition) is 1. The number of nitrogens with one attached hydrogen (secondary N) is 1. The molecule has 6 nitrogen and oxygen atoms in total. The van der Waals surface area contributed by atoms with Crippen LogP contribution < -0.4 is 5.32 Å². The first-order chi connectivity index (χ1) is 15.7. The Kier molecular flexibility index (Phi) is 6.99. The van der Waals surface area contributed by atoms with Crippen LogP contribution in [0.25, 0.3) is 0 Å². The third-order valence-electron chi connectivity index (χ3n) is 4.86. The van der Waals surface area contributed by atoms with E-state index in [4.69, 9.17) is 4.42 Å². The predicted octanol–water partition coefficient (Wildman–Crippen LogP) is 4.34. The van der Waals surface area contributed by atoms with Crippen molar-refractivity contribution >= 4 is 5.91 Å². The number of carbonyl (C=O) groups excluding carboxylic acids is 1. The van der Waals surface area contributed by atoms with E-state index in [-0.39, 0.29) is 17.4 Å². The number of benzene rings is 2. The molecule has 1 amide bonds. The largest absolute Gasteiger partial charge is 0.447 e. The lowest BCUT2D eigenvalue weighted by Gasteiger charge is -2.21. The van der Waals surface area contributed by atoms with Gasteiger partial charge in [-0.15, -0.1) is 0 Å². The monoisotopic (exact) mass is 430 g/mol. The van der Waals surface area contributed by atoms with Crippen molar-refractivity contribution in [2.24, 2.45) is 0 Å². The van der Waals surface area contributed by atoms with E-state index in [0.29, 0.717) is 32.1 Å². The zero-order valence-electron chi connectivity index (χ0n) is 17.4. The average Bonchev–Trinajstić information content (AvgIpc) is 3.27. The standard InChI is InChI=1S/C25H23FN4O2/c26-22-10-4-8-20(12-22)16-30(15-19-6-2-1-3-7-19)17-24-29-23(18-32-24)25(31)28-14-21-9-5-11-27-13-21/h1-13,18H,14-17H2,(H,28,31). The molecule has 0 atom stereocenters. The fourth-order valence-electron chi connectivity index (χ4n) is 3.36. The lowest BCUT2D eigenvalue weighted by molar-refractivity contribution is 0.0945. The van der Waals surface area contributed by atoms with Crippen LogP contribution in [0.1, 0.15) is 33.1 Å². The van der Waals surface area contributed by atoms with Gasteiger partial charge in [0.2, 0.25) is 5.89 Å². The van der Waals surface area contributed by atoms with Crippen molar-refractivity contribution in [2.75, 3.05) is 0 Å². The summed E-state index contributed by atoms with van der Waals surface area (Å²) in [5.74, 6) is -0.168. The van der Waals surface area contributed by atoms with Gasteiger partial charge in [0.15, 0.2) is 5.69 Å². The normalized spacial score (nSPS) is 10.9. The predicted molar refractivity (Wildman–Crippen MR) is 118 cm³/mol. The second kappa shape index (κ2) is 10.5. The molecule has 2 aromatic carbocycles. The second-order valence-electron chi connectivity index (χ2n) is 7.43. The molecule has 0 fully saturated rings. The minimum absolute atomic E-state index is 0.217. The van der Waals surface area contributed by atoms with Crippen LogP contribution in [0.2, 0.25) is 0 Å². The maximum atomic E-state index is 13.7. The summed E-state index contributed by atoms with van der Waals surface area (Å²) in [5.41, 5.74) is 3.08. The molecule has 7 heteroatoms. The minimum atomic E-state index is -0.316. The van der Waals surface area contributed by atoms with Crippen LogP contribution in [-0.4, -0.2) is 20.8 Å². The lowest BCUT2D eigenvalue weighted by atomic mass is 10.1. The molecule has 4 aromatic rings. The number of rotatable bonds is 9. The number of halogens is 1. The van der Waals surface area contributed by atoms with Gasteiger partial charge in [0, 0.05) is 32.0 Å². The fraction of sp³-hybridized carbons (Fsp3) is 0.160. The number of nitrogens with zero attached hydrogens (tertiary/aromatic N) is 3. The summed E-state index contributed by atoms with van der Waals surface area (Å²) < 4.78 is 19.2. The number of aromatic nitrogens is 2. The maximum absolute atomic E-state index is 13.7. The van der Waals surface area contributed by atoms with E-state index < -0.39 is 0 Å². The summed E-state index contributed by atoms with van der Waals surface area (Å²) in [6, 6.07) is 20.2. The van der Waals surface area contributed by atoms with Crippen LogP contribution in [0.5, 0.6) is 0 Å². The molecular weight excluding hydrogens is 407 g/mol. The highest BCUT2D eigenvalue weighted by atomic mass is 19.1. The van der Waals surface area contributed by atoms with Gasteiger partial charge >= 0.3 is 0 Å². The van der Waals surface area contributed by atoms with Crippen LogP contribution >= 0.6 is 0 Å². The van der Waals surface area contributed by atoms with Gasteiger partial charge in [-0.3, -0.25) is 14.7 Å². The van der Waals surface area contributed by atoms with Gasteiger partial charge in [-0.2, -0.15) is 0 Å². The summed E-state index contributed by atoms with van der Waals surface area (Å²) in [5, 5.41) is 2.81. The Labute approximate surface area is 185 Å². The highest BCUT2D eigenvalue weighted by molar-refractivity contribution is 5.91. The molecule has 0 saturated heterocycles. The van der Waals surface area contributed by atoms with E-state index in [1.54, 1.807) is 18.5 Å². The molecule has 2 aromatic heterocycles. The van der Waals surface area contributed by atoms with Gasteiger partial charge in [0.05, 0.1) is 6.54 Å². The first-order valence-corrected chi connectivity index (χ1v) is 10.3. The number of carbonyl (C=O) groups is 1. The number of oxazole rings is 1. The van der Waals surface area contributed by atoms with Gasteiger partial charge < -0.3 is 9.73 Å². The number of amides is 1. The van der Waals surface area contributed by atoms with Crippen molar-refractivity contribution in [1.82, 2.24) is 20.2 Å². The third-order valence-corrected chi connectivity index (χ3v) is 4.86. The van der Waals surface area contributed by atoms with Crippen molar-refractivity contribution in [3.63, 3.8) is 0 Å². The SMILES string of the molecule is O=C(NCc1cccnc1)c1coc(CN(Cc2ccccc2)Cc2cccc(F)c2)n1. The zero-order valence-corrected chi connectivity index (χ0v) is 17.4. The molecule has 2 heterocycles. The zero-order chi connectivity index (χ0) is 22.2. The molecule has 0 saturated carbocycles. The average molecular weight is 430 g/mol. The smallest absolute Gasteiger partial charge is 0.273 e. The van der Waals surface area contributed by atoms with Crippen LogP contribution in [0.3, 0.4) is 0 Å². The van der Waals surface area contributed by atoms with Crippen molar-refractivity contribution in [3.05, 3.63) is 119 Å². The number of pyridine rings is 1. The summed E-state index contributed by atoms with van der Waals surface area (Å²) in [4.78, 5) is 22.9. The molecule has 1 N–H and O–H groups in total. The van der Waals surface area contributed by atoms with E-state index in [1.807, 2.05) is 48.5 Å². The van der Waals surface area contributed by atoms with Gasteiger partial charge in [-0.05, 0) is 34.9 Å². The van der Waals surface area contributed by atoms with Crippen molar-refractivity contribution < 1.29 is 13.6 Å². The molecular formula is C25H23FN4O2. The van der Waals surface area contributed by atoms with Gasteiger partial charge in [-0.25, -0.2) is 9.37 Å². The van der Waals surface area contributed by atoms with Gasteiger partial charge in [-0.1, -0.05) is 48.5 Å². The van der Waals surface area contributed by atoms with Crippen LogP contribution in [-0.2, 0) is 26.2 Å². The third kappa shape index (κ3) is 6.09. The van der Waals surface area contributed by atoms with Crippen molar-refractivity contribution in [3.8, 4) is 0 Å². The minimum Gasteiger partial charge on any atom is -0.447 e. The van der Waals surface area contributed by atoms with E-state index in [1.165, 1.54) is 18.4 Å². The Hall–Kier alpha value is -3.84. The Morgan fingerprint density at radius 2 is 1.72 bits per heavy atom. The summed E-state index contributed by atoms with van der Waals surface area (Å²) in [6.07, 6.45) is 4.74. The van der Waals surface area contributed by atoms with Crippen LogP contribution in [0.4, 0.5) is 4.39 Å². The first-order valence-electron chi connectivity index (χ1n) is 10.3. The molecule has 0 radical (unpaired) electrons. The molecule has 32 heavy (non-hydrogen) atoms. The topological polar surface area (TPSA) is 71.3 Å². The maximum Gasteiger partial charge on any atom is 0.273 e. The van der Waals surface area contributed by atoms with Crippen LogP contribution in [0.15, 0.2) is 89.8 Å². The lowest BCUT2D eigenvalue weighted by Crippen LogP contribution is -2.24. The number of hydrogen-bond acceptors (Lipinski definition) is 5. The van der Waals surface area contributed by atoms with Gasteiger partial charge in [0.25, 0.3) is 5.91 Å². The quantitative estimate of drug-likeness (QED) is 0.428. The molecule has 0 bridgehead atoms. The van der Waals surface area contributed by atoms with E-state index in [0.717, 1.165) is 16.7 Å². The van der Waals surface area contributed by atoms with E-state index in [2.05, 4.69) is 20.2 Å². The Morgan fingerprint density at radius 1 is 0.938 bits per heavy atom. The van der Waals surface area contributed by atoms with Crippen molar-refractivity contribution in [1.29, 1.82) is 0 Å². The molecule has 0 aliphatic heterocycles. The second-order valence-corrected chi connectivity index (χ2v) is 7.43. The summed E-state index contributed by atoms with van der Waals surface area (Å²) in [6.45, 7) is 1.87. The first kappa shape index (κ1) is 21.4. The molecule has 0 aliphatic rings. The molecule has 0 aliphatic carbocycles. The van der Waals surface area contributed by atoms with E-state index >= 15 is 0 Å². The van der Waals surface area contributed by atoms with Gasteiger partial charge in [0.1, 0.15) is 12.1 Å². The molecule has 0 spiro atoms. The highest BCUT2D eigenvalue weighted by Gasteiger charge is 2.16. The molecule has 162 valence electrons. The fourth-order valence-corrected chi connectivity index (χ4v) is 3.36. The summed E-state index contributed by atoms with van der Waals surface area (Å²) >= 11 is 0. The highest BCUT2D eigenvalue weighted by Crippen LogP contribution is 2.15. The molecule has 0 unspecified atom stereocenters. The van der Waals surface area contributed by atoms with Crippen molar-refractivity contribution in [2.45, 2.75) is 26.2 Å². The summed E-state index contributed by atoms with van der Waals surface area (Å²) in [7, 11) is 0. The Morgan fingerprint density at radius 3 is 2.50 bits per heavy atom.